The highest BCUT2D eigenvalue weighted by Crippen LogP contribution is 2.35. The van der Waals surface area contributed by atoms with Gasteiger partial charge in [0.25, 0.3) is 5.56 Å². The first-order valence-corrected chi connectivity index (χ1v) is 13.2. The highest BCUT2D eigenvalue weighted by atomic mass is 32.1. The molecule has 1 saturated heterocycles. The number of fused-ring (bicyclic) bond motifs is 3. The van der Waals surface area contributed by atoms with Crippen molar-refractivity contribution in [2.24, 2.45) is 0 Å². The molecule has 3 aromatic rings. The first-order chi connectivity index (χ1) is 16.5. The monoisotopic (exact) mass is 484 g/mol. The summed E-state index contributed by atoms with van der Waals surface area (Å²) in [5.41, 5.74) is 2.01. The summed E-state index contributed by atoms with van der Waals surface area (Å²) in [5.74, 6) is -0.144. The number of hydrogen-bond acceptors (Lipinski definition) is 6. The topological polar surface area (TPSA) is 50.6 Å². The fourth-order valence-corrected chi connectivity index (χ4v) is 6.49. The second kappa shape index (κ2) is 10.1. The van der Waals surface area contributed by atoms with Crippen LogP contribution in [0.2, 0.25) is 0 Å². The number of ether oxygens (including phenoxy) is 1. The van der Waals surface area contributed by atoms with Gasteiger partial charge in [0, 0.05) is 50.2 Å². The Morgan fingerprint density at radius 2 is 2.00 bits per heavy atom. The number of halogens is 1. The zero-order valence-electron chi connectivity index (χ0n) is 20.0. The summed E-state index contributed by atoms with van der Waals surface area (Å²) >= 11 is 1.69. The van der Waals surface area contributed by atoms with Crippen LogP contribution in [-0.4, -0.2) is 59.4 Å². The number of para-hydroxylation sites is 1. The fraction of sp³-hybridized carbons (Fsp3) is 0.538. The Morgan fingerprint density at radius 3 is 2.76 bits per heavy atom. The first kappa shape index (κ1) is 23.5. The number of piperazine rings is 1. The third-order valence-electron chi connectivity index (χ3n) is 7.03. The molecular weight excluding hydrogens is 451 g/mol. The molecule has 6 nitrogen and oxygen atoms in total. The van der Waals surface area contributed by atoms with Crippen LogP contribution < -0.4 is 10.5 Å². The van der Waals surface area contributed by atoms with Crippen LogP contribution in [0.5, 0.6) is 0 Å². The van der Waals surface area contributed by atoms with Crippen molar-refractivity contribution in [3.8, 4) is 0 Å². The molecule has 0 unspecified atom stereocenters. The van der Waals surface area contributed by atoms with Crippen molar-refractivity contribution in [2.75, 3.05) is 37.7 Å². The number of benzene rings is 1. The van der Waals surface area contributed by atoms with Crippen LogP contribution in [-0.2, 0) is 24.1 Å². The second-order valence-electron chi connectivity index (χ2n) is 9.57. The number of hydrogen-bond donors (Lipinski definition) is 0. The molecule has 0 N–H and O–H groups in total. The SMILES string of the molecule is CC(C)OCCCn1cnc2sc3c(c2c1=O)CC[C@@H](N1CCN(c2ccccc2F)CC1)C3. The quantitative estimate of drug-likeness (QED) is 0.473. The molecule has 34 heavy (non-hydrogen) atoms. The second-order valence-corrected chi connectivity index (χ2v) is 10.7. The molecule has 3 heterocycles. The molecule has 1 aliphatic heterocycles. The van der Waals surface area contributed by atoms with E-state index in [1.54, 1.807) is 28.3 Å². The number of nitrogens with zero attached hydrogens (tertiary/aromatic N) is 4. The number of aromatic nitrogens is 2. The molecule has 0 spiro atoms. The lowest BCUT2D eigenvalue weighted by Gasteiger charge is -2.41. The average molecular weight is 485 g/mol. The lowest BCUT2D eigenvalue weighted by molar-refractivity contribution is 0.0747. The predicted octanol–water partition coefficient (Wildman–Crippen LogP) is 4.09. The largest absolute Gasteiger partial charge is 0.379 e. The Balaban J connectivity index is 1.25. The summed E-state index contributed by atoms with van der Waals surface area (Å²) in [6, 6.07) is 7.51. The minimum absolute atomic E-state index is 0.0870. The maximum absolute atomic E-state index is 14.2. The van der Waals surface area contributed by atoms with E-state index >= 15 is 0 Å². The highest BCUT2D eigenvalue weighted by molar-refractivity contribution is 7.18. The van der Waals surface area contributed by atoms with Crippen molar-refractivity contribution in [3.63, 3.8) is 0 Å². The molecule has 1 aliphatic carbocycles. The zero-order valence-corrected chi connectivity index (χ0v) is 20.8. The van der Waals surface area contributed by atoms with Crippen molar-refractivity contribution in [3.05, 3.63) is 57.2 Å². The number of thiophene rings is 1. The van der Waals surface area contributed by atoms with Gasteiger partial charge in [-0.25, -0.2) is 9.37 Å². The summed E-state index contributed by atoms with van der Waals surface area (Å²) in [7, 11) is 0. The molecule has 182 valence electrons. The van der Waals surface area contributed by atoms with Crippen LogP contribution in [0, 0.1) is 5.82 Å². The fourth-order valence-electron chi connectivity index (χ4n) is 5.24. The Morgan fingerprint density at radius 1 is 1.21 bits per heavy atom. The number of anilines is 1. The van der Waals surface area contributed by atoms with E-state index in [4.69, 9.17) is 4.74 Å². The summed E-state index contributed by atoms with van der Waals surface area (Å²) in [5, 5.41) is 0.829. The van der Waals surface area contributed by atoms with Crippen molar-refractivity contribution in [1.82, 2.24) is 14.5 Å². The Bertz CT molecular complexity index is 1200. The van der Waals surface area contributed by atoms with Gasteiger partial charge in [-0.3, -0.25) is 14.3 Å². The van der Waals surface area contributed by atoms with E-state index in [0.29, 0.717) is 24.9 Å². The van der Waals surface area contributed by atoms with Crippen LogP contribution in [0.1, 0.15) is 37.1 Å². The van der Waals surface area contributed by atoms with E-state index < -0.39 is 0 Å². The van der Waals surface area contributed by atoms with Gasteiger partial charge in [-0.15, -0.1) is 11.3 Å². The molecule has 0 radical (unpaired) electrons. The van der Waals surface area contributed by atoms with Crippen molar-refractivity contribution < 1.29 is 9.13 Å². The maximum Gasteiger partial charge on any atom is 0.262 e. The van der Waals surface area contributed by atoms with Crippen molar-refractivity contribution in [1.29, 1.82) is 0 Å². The maximum atomic E-state index is 14.2. The molecule has 1 aromatic carbocycles. The minimum atomic E-state index is -0.144. The normalized spacial score (nSPS) is 19.2. The van der Waals surface area contributed by atoms with Gasteiger partial charge in [0.05, 0.1) is 23.5 Å². The molecule has 0 bridgehead atoms. The molecule has 0 amide bonds. The third kappa shape index (κ3) is 4.76. The van der Waals surface area contributed by atoms with E-state index in [0.717, 1.165) is 62.1 Å². The molecule has 5 rings (SSSR count). The van der Waals surface area contributed by atoms with Gasteiger partial charge >= 0.3 is 0 Å². The number of rotatable bonds is 7. The van der Waals surface area contributed by atoms with Gasteiger partial charge in [-0.2, -0.15) is 0 Å². The highest BCUT2D eigenvalue weighted by Gasteiger charge is 2.31. The van der Waals surface area contributed by atoms with Gasteiger partial charge in [-0.05, 0) is 57.2 Å². The molecule has 0 saturated carbocycles. The molecule has 8 heteroatoms. The van der Waals surface area contributed by atoms with Gasteiger partial charge in [0.1, 0.15) is 10.6 Å². The third-order valence-corrected chi connectivity index (χ3v) is 8.19. The Kier molecular flexibility index (Phi) is 6.99. The summed E-state index contributed by atoms with van der Waals surface area (Å²) in [4.78, 5) is 24.7. The van der Waals surface area contributed by atoms with E-state index in [1.807, 2.05) is 26.0 Å². The zero-order chi connectivity index (χ0) is 23.7. The van der Waals surface area contributed by atoms with Gasteiger partial charge in [0.15, 0.2) is 0 Å². The summed E-state index contributed by atoms with van der Waals surface area (Å²) < 4.78 is 21.5. The lowest BCUT2D eigenvalue weighted by atomic mass is 9.91. The van der Waals surface area contributed by atoms with Crippen LogP contribution in [0.15, 0.2) is 35.4 Å². The molecule has 2 aromatic heterocycles. The van der Waals surface area contributed by atoms with Crippen LogP contribution in [0.25, 0.3) is 10.2 Å². The van der Waals surface area contributed by atoms with Crippen LogP contribution in [0.3, 0.4) is 0 Å². The van der Waals surface area contributed by atoms with E-state index in [1.165, 1.54) is 16.5 Å². The molecule has 1 atom stereocenters. The summed E-state index contributed by atoms with van der Waals surface area (Å²) in [6.07, 6.45) is 5.65. The number of aryl methyl sites for hydroxylation is 2. The minimum Gasteiger partial charge on any atom is -0.379 e. The first-order valence-electron chi connectivity index (χ1n) is 12.4. The average Bonchev–Trinajstić information content (AvgIpc) is 3.22. The lowest BCUT2D eigenvalue weighted by Crippen LogP contribution is -2.51. The van der Waals surface area contributed by atoms with Crippen molar-refractivity contribution >= 4 is 27.2 Å². The van der Waals surface area contributed by atoms with E-state index in [-0.39, 0.29) is 17.5 Å². The molecular formula is C26H33FN4O2S. The molecule has 2 aliphatic rings. The standard InChI is InChI=1S/C26H33FN4O2S/c1-18(2)33-15-5-10-31-17-28-25-24(26(31)32)20-9-8-19(16-23(20)34-25)29-11-13-30(14-12-29)22-7-4-3-6-21(22)27/h3-4,6-7,17-19H,5,8-16H2,1-2H3/t19-/m1/s1. The molecule has 1 fully saturated rings. The predicted molar refractivity (Wildman–Crippen MR) is 136 cm³/mol. The van der Waals surface area contributed by atoms with Gasteiger partial charge < -0.3 is 9.64 Å². The Hall–Kier alpha value is -2.29. The van der Waals surface area contributed by atoms with E-state index in [2.05, 4.69) is 14.8 Å². The van der Waals surface area contributed by atoms with E-state index in [9.17, 15) is 9.18 Å². The summed E-state index contributed by atoms with van der Waals surface area (Å²) in [6.45, 7) is 8.86. The van der Waals surface area contributed by atoms with Gasteiger partial charge in [-0.1, -0.05) is 12.1 Å². The Labute approximate surface area is 204 Å². The van der Waals surface area contributed by atoms with Crippen LogP contribution >= 0.6 is 11.3 Å². The van der Waals surface area contributed by atoms with Crippen LogP contribution in [0.4, 0.5) is 10.1 Å². The van der Waals surface area contributed by atoms with Crippen molar-refractivity contribution in [2.45, 2.75) is 58.2 Å². The smallest absolute Gasteiger partial charge is 0.262 e. The van der Waals surface area contributed by atoms with Gasteiger partial charge in [0.2, 0.25) is 0 Å².